The van der Waals surface area contributed by atoms with Crippen molar-refractivity contribution >= 4 is 28.5 Å². The molecule has 2 rings (SSSR count). The highest BCUT2D eigenvalue weighted by Crippen LogP contribution is 2.24. The van der Waals surface area contributed by atoms with E-state index in [1.54, 1.807) is 0 Å². The van der Waals surface area contributed by atoms with E-state index in [2.05, 4.69) is 10.2 Å². The monoisotopic (exact) mass is 307 g/mol. The van der Waals surface area contributed by atoms with Gasteiger partial charge in [-0.2, -0.15) is 0 Å². The van der Waals surface area contributed by atoms with Crippen molar-refractivity contribution in [1.29, 1.82) is 0 Å². The second-order valence-corrected chi connectivity index (χ2v) is 3.18. The molecular formula is C6H2IN3O4. The van der Waals surface area contributed by atoms with E-state index >= 15 is 0 Å². The molecule has 0 amide bonds. The quantitative estimate of drug-likeness (QED) is 0.477. The number of nitro groups is 1. The van der Waals surface area contributed by atoms with Crippen molar-refractivity contribution in [2.45, 2.75) is 0 Å². The number of nitrogens with zero attached hydrogens (tertiary/aromatic N) is 3. The van der Waals surface area contributed by atoms with Crippen molar-refractivity contribution in [2.24, 2.45) is 0 Å². The Kier molecular flexibility index (Phi) is 2.19. The lowest BCUT2D eigenvalue weighted by atomic mass is 10.4. The van der Waals surface area contributed by atoms with Gasteiger partial charge in [0.2, 0.25) is 0 Å². The molecule has 0 radical (unpaired) electrons. The average Bonchev–Trinajstić information content (AvgIpc) is 2.70. The summed E-state index contributed by atoms with van der Waals surface area (Å²) < 4.78 is 10.2. The summed E-state index contributed by atoms with van der Waals surface area (Å²) in [6.45, 7) is 0. The van der Waals surface area contributed by atoms with Gasteiger partial charge in [0.15, 0.2) is 5.76 Å². The zero-order valence-corrected chi connectivity index (χ0v) is 8.66. The second kappa shape index (κ2) is 3.36. The Balaban J connectivity index is 2.38. The van der Waals surface area contributed by atoms with Crippen LogP contribution in [0.15, 0.2) is 21.0 Å². The van der Waals surface area contributed by atoms with Gasteiger partial charge in [-0.3, -0.25) is 10.1 Å². The van der Waals surface area contributed by atoms with Crippen LogP contribution in [0.3, 0.4) is 0 Å². The molecule has 0 fully saturated rings. The lowest BCUT2D eigenvalue weighted by Gasteiger charge is -1.84. The van der Waals surface area contributed by atoms with Crippen LogP contribution in [0, 0.1) is 14.0 Å². The third-order valence-electron chi connectivity index (χ3n) is 1.38. The van der Waals surface area contributed by atoms with E-state index in [0.717, 1.165) is 0 Å². The van der Waals surface area contributed by atoms with Gasteiger partial charge in [-0.25, -0.2) is 0 Å². The molecule has 0 aliphatic heterocycles. The maximum absolute atomic E-state index is 10.3. The summed E-state index contributed by atoms with van der Waals surface area (Å²) in [5.41, 5.74) is 0. The topological polar surface area (TPSA) is 95.2 Å². The smallest absolute Gasteiger partial charge is 0.409 e. The second-order valence-electron chi connectivity index (χ2n) is 2.26. The molecule has 2 aromatic rings. The fourth-order valence-electron chi connectivity index (χ4n) is 0.846. The molecule has 0 bridgehead atoms. The van der Waals surface area contributed by atoms with Crippen molar-refractivity contribution in [3.05, 3.63) is 26.1 Å². The lowest BCUT2D eigenvalue weighted by Crippen LogP contribution is -1.82. The molecule has 0 spiro atoms. The van der Waals surface area contributed by atoms with Crippen LogP contribution in [0.1, 0.15) is 0 Å². The third-order valence-corrected chi connectivity index (χ3v) is 1.82. The summed E-state index contributed by atoms with van der Waals surface area (Å²) >= 11 is 1.83. The molecule has 0 unspecified atom stereocenters. The minimum atomic E-state index is -0.634. The molecule has 0 N–H and O–H groups in total. The van der Waals surface area contributed by atoms with E-state index in [-0.39, 0.29) is 17.5 Å². The van der Waals surface area contributed by atoms with Gasteiger partial charge in [-0.1, -0.05) is 0 Å². The van der Waals surface area contributed by atoms with Gasteiger partial charge < -0.3 is 8.83 Å². The highest BCUT2D eigenvalue weighted by molar-refractivity contribution is 14.1. The number of hydrogen-bond donors (Lipinski definition) is 0. The Hall–Kier alpha value is -1.45. The molecule has 0 saturated heterocycles. The van der Waals surface area contributed by atoms with Gasteiger partial charge in [-0.05, 0) is 6.07 Å². The summed E-state index contributed by atoms with van der Waals surface area (Å²) in [6, 6.07) is 2.63. The van der Waals surface area contributed by atoms with Gasteiger partial charge in [0.25, 0.3) is 9.79 Å². The van der Waals surface area contributed by atoms with Crippen LogP contribution in [-0.2, 0) is 0 Å². The fraction of sp³-hybridized carbons (Fsp3) is 0. The van der Waals surface area contributed by atoms with Crippen LogP contribution in [0.5, 0.6) is 0 Å². The van der Waals surface area contributed by atoms with E-state index in [1.807, 2.05) is 22.6 Å². The minimum Gasteiger partial charge on any atom is -0.409 e. The third kappa shape index (κ3) is 1.60. The summed E-state index contributed by atoms with van der Waals surface area (Å²) in [4.78, 5) is 9.66. The highest BCUT2D eigenvalue weighted by Gasteiger charge is 2.16. The van der Waals surface area contributed by atoms with Gasteiger partial charge >= 0.3 is 5.88 Å². The molecule has 14 heavy (non-hydrogen) atoms. The molecule has 0 atom stereocenters. The summed E-state index contributed by atoms with van der Waals surface area (Å²) in [7, 11) is 0. The van der Waals surface area contributed by atoms with Gasteiger partial charge in [-0.15, -0.1) is 10.2 Å². The predicted octanol–water partition coefficient (Wildman–Crippen LogP) is 1.84. The first-order chi connectivity index (χ1) is 6.66. The first kappa shape index (κ1) is 9.12. The molecule has 0 aromatic carbocycles. The molecule has 0 aliphatic rings. The van der Waals surface area contributed by atoms with E-state index in [1.165, 1.54) is 12.1 Å². The Labute approximate surface area is 90.4 Å². The molecule has 2 heterocycles. The van der Waals surface area contributed by atoms with E-state index in [0.29, 0.717) is 3.90 Å². The number of rotatable bonds is 2. The Morgan fingerprint density at radius 3 is 2.64 bits per heavy atom. The van der Waals surface area contributed by atoms with Crippen molar-refractivity contribution in [3.8, 4) is 11.7 Å². The van der Waals surface area contributed by atoms with Crippen LogP contribution >= 0.6 is 22.6 Å². The summed E-state index contributed by atoms with van der Waals surface area (Å²) in [5.74, 6) is -0.0391. The maximum Gasteiger partial charge on any atom is 0.433 e. The number of hydrogen-bond acceptors (Lipinski definition) is 6. The Morgan fingerprint density at radius 1 is 1.36 bits per heavy atom. The van der Waals surface area contributed by atoms with Crippen LogP contribution < -0.4 is 0 Å². The van der Waals surface area contributed by atoms with Crippen LogP contribution in [-0.4, -0.2) is 15.1 Å². The predicted molar refractivity (Wildman–Crippen MR) is 51.4 cm³/mol. The molecular weight excluding hydrogens is 305 g/mol. The zero-order chi connectivity index (χ0) is 10.1. The van der Waals surface area contributed by atoms with Gasteiger partial charge in [0.05, 0.1) is 6.07 Å². The van der Waals surface area contributed by atoms with Crippen molar-refractivity contribution in [1.82, 2.24) is 10.2 Å². The summed E-state index contributed by atoms with van der Waals surface area (Å²) in [5, 5.41) is 17.5. The summed E-state index contributed by atoms with van der Waals surface area (Å²) in [6.07, 6.45) is 0. The Morgan fingerprint density at radius 2 is 2.14 bits per heavy atom. The standard InChI is InChI=1S/C6H2IN3O4/c7-6-9-8-5(14-6)3-1-2-4(13-3)10(11)12/h1-2H. The largest absolute Gasteiger partial charge is 0.433 e. The van der Waals surface area contributed by atoms with Gasteiger partial charge in [0, 0.05) is 22.6 Å². The van der Waals surface area contributed by atoms with Gasteiger partial charge in [0.1, 0.15) is 4.92 Å². The SMILES string of the molecule is O=[N+]([O-])c1ccc(-c2nnc(I)o2)o1. The van der Waals surface area contributed by atoms with Crippen LogP contribution in [0.2, 0.25) is 0 Å². The van der Waals surface area contributed by atoms with Crippen LogP contribution in [0.4, 0.5) is 5.88 Å². The normalized spacial score (nSPS) is 10.4. The lowest BCUT2D eigenvalue weighted by molar-refractivity contribution is -0.401. The van der Waals surface area contributed by atoms with E-state index < -0.39 is 4.92 Å². The van der Waals surface area contributed by atoms with Crippen molar-refractivity contribution in [2.75, 3.05) is 0 Å². The molecule has 0 saturated carbocycles. The maximum atomic E-state index is 10.3. The number of halogens is 1. The molecule has 0 aliphatic carbocycles. The highest BCUT2D eigenvalue weighted by atomic mass is 127. The first-order valence-electron chi connectivity index (χ1n) is 3.40. The Bertz CT molecular complexity index is 477. The zero-order valence-electron chi connectivity index (χ0n) is 6.51. The first-order valence-corrected chi connectivity index (χ1v) is 4.48. The molecule has 8 heteroatoms. The fourth-order valence-corrected chi connectivity index (χ4v) is 1.16. The number of furan rings is 1. The molecule has 72 valence electrons. The average molecular weight is 307 g/mol. The van der Waals surface area contributed by atoms with Crippen LogP contribution in [0.25, 0.3) is 11.7 Å². The minimum absolute atomic E-state index is 0.127. The molecule has 2 aromatic heterocycles. The molecule has 7 nitrogen and oxygen atoms in total. The van der Waals surface area contributed by atoms with Crippen molar-refractivity contribution < 1.29 is 13.8 Å². The number of aromatic nitrogens is 2. The van der Waals surface area contributed by atoms with E-state index in [4.69, 9.17) is 8.83 Å². The van der Waals surface area contributed by atoms with Crippen molar-refractivity contribution in [3.63, 3.8) is 0 Å². The van der Waals surface area contributed by atoms with E-state index in [9.17, 15) is 10.1 Å².